The predicted molar refractivity (Wildman–Crippen MR) is 74.1 cm³/mol. The summed E-state index contributed by atoms with van der Waals surface area (Å²) in [7, 11) is 0. The summed E-state index contributed by atoms with van der Waals surface area (Å²) in [5, 5.41) is 0.661. The number of hydrogen-bond donors (Lipinski definition) is 0. The molecule has 0 saturated carbocycles. The van der Waals surface area contributed by atoms with Crippen molar-refractivity contribution in [3.8, 4) is 0 Å². The Labute approximate surface area is 116 Å². The van der Waals surface area contributed by atoms with Crippen LogP contribution in [0.25, 0.3) is 0 Å². The lowest BCUT2D eigenvalue weighted by molar-refractivity contribution is -0.114. The molecule has 0 saturated heterocycles. The lowest BCUT2D eigenvalue weighted by Crippen LogP contribution is -2.31. The average molecular weight is 282 g/mol. The molecule has 2 nitrogen and oxygen atoms in total. The number of anilines is 1. The zero-order valence-corrected chi connectivity index (χ0v) is 11.3. The van der Waals surface area contributed by atoms with Gasteiger partial charge in [-0.15, -0.1) is 0 Å². The Balaban J connectivity index is 1.96. The summed E-state index contributed by atoms with van der Waals surface area (Å²) in [6.45, 7) is 0. The number of alkyl halides is 1. The van der Waals surface area contributed by atoms with Crippen LogP contribution < -0.4 is 4.90 Å². The van der Waals surface area contributed by atoms with Crippen LogP contribution in [-0.2, 0) is 4.79 Å². The molecule has 0 radical (unpaired) electrons. The van der Waals surface area contributed by atoms with Crippen molar-refractivity contribution in [2.45, 2.75) is 31.2 Å². The number of rotatable bonds is 1. The van der Waals surface area contributed by atoms with Crippen LogP contribution in [-0.4, -0.2) is 11.4 Å². The number of halogens is 2. The van der Waals surface area contributed by atoms with Crippen molar-refractivity contribution in [2.75, 3.05) is 4.90 Å². The largest absolute Gasteiger partial charge is 0.288 e. The van der Waals surface area contributed by atoms with Crippen LogP contribution in [0.1, 0.15) is 25.7 Å². The highest BCUT2D eigenvalue weighted by molar-refractivity contribution is 6.31. The number of benzene rings is 1. The molecule has 1 heterocycles. The molecule has 0 bridgehead atoms. The highest BCUT2D eigenvalue weighted by Gasteiger charge is 2.39. The van der Waals surface area contributed by atoms with E-state index in [1.165, 1.54) is 0 Å². The minimum Gasteiger partial charge on any atom is -0.288 e. The van der Waals surface area contributed by atoms with Gasteiger partial charge in [-0.05, 0) is 55.5 Å². The minimum atomic E-state index is -0.325. The van der Waals surface area contributed by atoms with Crippen molar-refractivity contribution in [2.24, 2.45) is 0 Å². The second-order valence-electron chi connectivity index (χ2n) is 4.70. The third-order valence-electron chi connectivity index (χ3n) is 3.61. The lowest BCUT2D eigenvalue weighted by Gasteiger charge is -2.22. The van der Waals surface area contributed by atoms with E-state index in [1.807, 2.05) is 12.1 Å². The van der Waals surface area contributed by atoms with Gasteiger partial charge in [0.15, 0.2) is 0 Å². The normalized spacial score (nSPS) is 23.6. The number of hydrogen-bond acceptors (Lipinski definition) is 1. The Hall–Kier alpha value is -0.990. The van der Waals surface area contributed by atoms with E-state index in [0.717, 1.165) is 42.5 Å². The summed E-state index contributed by atoms with van der Waals surface area (Å²) in [5.41, 5.74) is 2.53. The standard InChI is InChI=1S/C14H13Cl2NO/c15-9-5-7-10(8-6-9)17-13(16)11-3-1-2-4-12(11)14(17)18/h5-8,13H,1-4H2. The van der Waals surface area contributed by atoms with Crippen LogP contribution in [0.15, 0.2) is 35.4 Å². The summed E-state index contributed by atoms with van der Waals surface area (Å²) < 4.78 is 0. The van der Waals surface area contributed by atoms with E-state index >= 15 is 0 Å². The molecule has 3 rings (SSSR count). The zero-order chi connectivity index (χ0) is 12.7. The molecule has 1 amide bonds. The lowest BCUT2D eigenvalue weighted by atomic mass is 9.94. The maximum absolute atomic E-state index is 12.4. The van der Waals surface area contributed by atoms with Gasteiger partial charge in [0.25, 0.3) is 5.91 Å². The van der Waals surface area contributed by atoms with E-state index in [0.29, 0.717) is 5.02 Å². The van der Waals surface area contributed by atoms with Crippen LogP contribution in [0, 0.1) is 0 Å². The molecule has 4 heteroatoms. The first kappa shape index (κ1) is 12.1. The van der Waals surface area contributed by atoms with Gasteiger partial charge in [-0.25, -0.2) is 0 Å². The van der Waals surface area contributed by atoms with Gasteiger partial charge < -0.3 is 0 Å². The molecule has 1 atom stereocenters. The molecule has 0 fully saturated rings. The van der Waals surface area contributed by atoms with Gasteiger partial charge in [-0.2, -0.15) is 0 Å². The molecular weight excluding hydrogens is 269 g/mol. The Morgan fingerprint density at radius 2 is 1.78 bits per heavy atom. The smallest absolute Gasteiger partial charge is 0.255 e. The Morgan fingerprint density at radius 3 is 2.44 bits per heavy atom. The summed E-state index contributed by atoms with van der Waals surface area (Å²) in [5.74, 6) is 0.0621. The van der Waals surface area contributed by atoms with E-state index < -0.39 is 0 Å². The Morgan fingerprint density at radius 1 is 1.11 bits per heavy atom. The van der Waals surface area contributed by atoms with E-state index in [9.17, 15) is 4.79 Å². The van der Waals surface area contributed by atoms with Crippen molar-refractivity contribution in [1.29, 1.82) is 0 Å². The van der Waals surface area contributed by atoms with E-state index in [2.05, 4.69) is 0 Å². The molecule has 0 aromatic heterocycles. The molecule has 0 spiro atoms. The molecule has 1 aromatic carbocycles. The SMILES string of the molecule is O=C1C2=C(CCCC2)C(Cl)N1c1ccc(Cl)cc1. The molecule has 2 aliphatic rings. The van der Waals surface area contributed by atoms with Crippen molar-refractivity contribution in [3.05, 3.63) is 40.4 Å². The Bertz CT molecular complexity index is 521. The van der Waals surface area contributed by atoms with E-state index in [1.54, 1.807) is 17.0 Å². The maximum atomic E-state index is 12.4. The fourth-order valence-corrected chi connectivity index (χ4v) is 3.26. The molecule has 1 aromatic rings. The molecule has 0 N–H and O–H groups in total. The molecule has 1 unspecified atom stereocenters. The van der Waals surface area contributed by atoms with Gasteiger partial charge >= 0.3 is 0 Å². The first-order valence-electron chi connectivity index (χ1n) is 6.13. The summed E-state index contributed by atoms with van der Waals surface area (Å²) in [6.07, 6.45) is 4.02. The van der Waals surface area contributed by atoms with Gasteiger partial charge in [-0.1, -0.05) is 23.2 Å². The Kier molecular flexibility index (Phi) is 3.08. The van der Waals surface area contributed by atoms with Crippen LogP contribution in [0.5, 0.6) is 0 Å². The summed E-state index contributed by atoms with van der Waals surface area (Å²) >= 11 is 12.3. The van der Waals surface area contributed by atoms with Crippen LogP contribution >= 0.6 is 23.2 Å². The number of amides is 1. The van der Waals surface area contributed by atoms with Gasteiger partial charge in [-0.3, -0.25) is 9.69 Å². The fourth-order valence-electron chi connectivity index (χ4n) is 2.69. The van der Waals surface area contributed by atoms with Gasteiger partial charge in [0.2, 0.25) is 0 Å². The van der Waals surface area contributed by atoms with Crippen LogP contribution in [0.3, 0.4) is 0 Å². The first-order chi connectivity index (χ1) is 8.68. The quantitative estimate of drug-likeness (QED) is 0.560. The third-order valence-corrected chi connectivity index (χ3v) is 4.32. The molecule has 18 heavy (non-hydrogen) atoms. The predicted octanol–water partition coefficient (Wildman–Crippen LogP) is 4.12. The molecular formula is C14H13Cl2NO. The summed E-state index contributed by atoms with van der Waals surface area (Å²) in [6, 6.07) is 7.25. The van der Waals surface area contributed by atoms with Crippen LogP contribution in [0.2, 0.25) is 5.02 Å². The number of carbonyl (C=O) groups is 1. The molecule has 1 aliphatic heterocycles. The van der Waals surface area contributed by atoms with Crippen LogP contribution in [0.4, 0.5) is 5.69 Å². The fraction of sp³-hybridized carbons (Fsp3) is 0.357. The van der Waals surface area contributed by atoms with Crippen molar-refractivity contribution < 1.29 is 4.79 Å². The molecule has 1 aliphatic carbocycles. The number of carbonyl (C=O) groups excluding carboxylic acids is 1. The van der Waals surface area contributed by atoms with Gasteiger partial charge in [0.05, 0.1) is 0 Å². The average Bonchev–Trinajstić information content (AvgIpc) is 2.64. The topological polar surface area (TPSA) is 20.3 Å². The second kappa shape index (κ2) is 4.60. The van der Waals surface area contributed by atoms with E-state index in [4.69, 9.17) is 23.2 Å². The van der Waals surface area contributed by atoms with Gasteiger partial charge in [0, 0.05) is 16.3 Å². The second-order valence-corrected chi connectivity index (χ2v) is 5.55. The monoisotopic (exact) mass is 281 g/mol. The minimum absolute atomic E-state index is 0.0621. The van der Waals surface area contributed by atoms with Crippen molar-refractivity contribution in [3.63, 3.8) is 0 Å². The van der Waals surface area contributed by atoms with Gasteiger partial charge in [0.1, 0.15) is 5.50 Å². The summed E-state index contributed by atoms with van der Waals surface area (Å²) in [4.78, 5) is 14.1. The highest BCUT2D eigenvalue weighted by atomic mass is 35.5. The van der Waals surface area contributed by atoms with Crippen molar-refractivity contribution in [1.82, 2.24) is 0 Å². The molecule has 94 valence electrons. The first-order valence-corrected chi connectivity index (χ1v) is 6.95. The van der Waals surface area contributed by atoms with Crippen molar-refractivity contribution >= 4 is 34.8 Å². The number of nitrogens with zero attached hydrogens (tertiary/aromatic N) is 1. The maximum Gasteiger partial charge on any atom is 0.255 e. The highest BCUT2D eigenvalue weighted by Crippen LogP contribution is 2.40. The third kappa shape index (κ3) is 1.84. The van der Waals surface area contributed by atoms with E-state index in [-0.39, 0.29) is 11.4 Å². The zero-order valence-electron chi connectivity index (χ0n) is 9.83.